The van der Waals surface area contributed by atoms with Crippen LogP contribution in [0.25, 0.3) is 0 Å². The third-order valence-electron chi connectivity index (χ3n) is 4.42. The van der Waals surface area contributed by atoms with Gasteiger partial charge in [0.25, 0.3) is 0 Å². The maximum Gasteiger partial charge on any atom is 0.215 e. The second-order valence-corrected chi connectivity index (χ2v) is 9.05. The fraction of sp³-hybridized carbons (Fsp3) is 0.647. The first-order valence-corrected chi connectivity index (χ1v) is 9.90. The minimum Gasteiger partial charge on any atom is -0.381 e. The topological polar surface area (TPSA) is 52.7 Å². The zero-order valence-electron chi connectivity index (χ0n) is 14.6. The van der Waals surface area contributed by atoms with Crippen LogP contribution >= 0.6 is 0 Å². The summed E-state index contributed by atoms with van der Waals surface area (Å²) in [5.41, 5.74) is 2.19. The molecule has 0 aliphatic carbocycles. The van der Waals surface area contributed by atoms with E-state index in [1.54, 1.807) is 14.1 Å². The fourth-order valence-corrected chi connectivity index (χ4v) is 3.86. The van der Waals surface area contributed by atoms with Crippen LogP contribution in [0.1, 0.15) is 26.7 Å². The lowest BCUT2D eigenvalue weighted by atomic mass is 9.99. The molecule has 1 N–H and O–H groups in total. The number of nitrogens with zero attached hydrogens (tertiary/aromatic N) is 2. The Labute approximate surface area is 140 Å². The molecule has 1 saturated heterocycles. The van der Waals surface area contributed by atoms with Crippen molar-refractivity contribution in [2.24, 2.45) is 5.92 Å². The zero-order valence-corrected chi connectivity index (χ0v) is 15.4. The number of hydrogen-bond donors (Lipinski definition) is 1. The van der Waals surface area contributed by atoms with E-state index in [-0.39, 0.29) is 11.8 Å². The fourth-order valence-electron chi connectivity index (χ4n) is 2.85. The van der Waals surface area contributed by atoms with Gasteiger partial charge in [0.2, 0.25) is 10.0 Å². The number of hydrogen-bond acceptors (Lipinski definition) is 4. The van der Waals surface area contributed by atoms with Crippen molar-refractivity contribution in [1.82, 2.24) is 4.31 Å². The van der Waals surface area contributed by atoms with E-state index in [4.69, 9.17) is 0 Å². The van der Waals surface area contributed by atoms with Gasteiger partial charge in [-0.15, -0.1) is 0 Å². The lowest BCUT2D eigenvalue weighted by Crippen LogP contribution is -2.34. The van der Waals surface area contributed by atoms with Gasteiger partial charge in [0, 0.05) is 44.6 Å². The maximum absolute atomic E-state index is 12.0. The third-order valence-corrected chi connectivity index (χ3v) is 6.46. The van der Waals surface area contributed by atoms with Crippen LogP contribution in [0.3, 0.4) is 0 Å². The van der Waals surface area contributed by atoms with Gasteiger partial charge in [0.05, 0.1) is 5.75 Å². The molecular weight excluding hydrogens is 310 g/mol. The number of rotatable bonds is 6. The number of anilines is 2. The summed E-state index contributed by atoms with van der Waals surface area (Å²) < 4.78 is 25.2. The van der Waals surface area contributed by atoms with E-state index in [1.165, 1.54) is 22.8 Å². The molecule has 1 aromatic carbocycles. The molecular formula is C17H29N3O2S. The highest BCUT2D eigenvalue weighted by atomic mass is 32.2. The Morgan fingerprint density at radius 3 is 2.57 bits per heavy atom. The summed E-state index contributed by atoms with van der Waals surface area (Å²) in [6, 6.07) is 8.13. The highest BCUT2D eigenvalue weighted by Gasteiger charge is 2.19. The minimum absolute atomic E-state index is 0.0887. The van der Waals surface area contributed by atoms with Crippen molar-refractivity contribution < 1.29 is 8.42 Å². The van der Waals surface area contributed by atoms with Crippen LogP contribution in [0.15, 0.2) is 24.3 Å². The van der Waals surface area contributed by atoms with Gasteiger partial charge < -0.3 is 10.2 Å². The van der Waals surface area contributed by atoms with Crippen molar-refractivity contribution in [3.05, 3.63) is 24.3 Å². The zero-order chi connectivity index (χ0) is 17.0. The van der Waals surface area contributed by atoms with Gasteiger partial charge in [-0.1, -0.05) is 13.0 Å². The minimum atomic E-state index is -3.19. The normalized spacial score (nSPS) is 18.2. The molecule has 6 heteroatoms. The van der Waals surface area contributed by atoms with Crippen LogP contribution < -0.4 is 10.2 Å². The van der Waals surface area contributed by atoms with Crippen molar-refractivity contribution in [2.75, 3.05) is 43.2 Å². The summed E-state index contributed by atoms with van der Waals surface area (Å²) in [6.45, 7) is 6.39. The number of piperidine rings is 1. The Morgan fingerprint density at radius 1 is 1.30 bits per heavy atom. The Kier molecular flexibility index (Phi) is 5.92. The summed E-state index contributed by atoms with van der Waals surface area (Å²) in [4.78, 5) is 2.41. The van der Waals surface area contributed by atoms with E-state index < -0.39 is 10.0 Å². The molecule has 1 aliphatic rings. The quantitative estimate of drug-likeness (QED) is 0.866. The van der Waals surface area contributed by atoms with Crippen LogP contribution in [0, 0.1) is 5.92 Å². The van der Waals surface area contributed by atoms with E-state index >= 15 is 0 Å². The van der Waals surface area contributed by atoms with Crippen molar-refractivity contribution in [3.63, 3.8) is 0 Å². The van der Waals surface area contributed by atoms with Crippen LogP contribution in [0.2, 0.25) is 0 Å². The first kappa shape index (κ1) is 18.1. The molecule has 1 atom stereocenters. The molecule has 0 saturated carbocycles. The highest BCUT2D eigenvalue weighted by molar-refractivity contribution is 7.89. The van der Waals surface area contributed by atoms with E-state index in [0.717, 1.165) is 24.7 Å². The molecule has 23 heavy (non-hydrogen) atoms. The molecule has 2 rings (SSSR count). The molecule has 1 aliphatic heterocycles. The van der Waals surface area contributed by atoms with E-state index in [0.29, 0.717) is 0 Å². The Bertz CT molecular complexity index is 608. The van der Waals surface area contributed by atoms with Gasteiger partial charge in [-0.05, 0) is 43.9 Å². The predicted molar refractivity (Wildman–Crippen MR) is 97.6 cm³/mol. The monoisotopic (exact) mass is 339 g/mol. The lowest BCUT2D eigenvalue weighted by molar-refractivity contribution is 0.438. The molecule has 1 aromatic rings. The summed E-state index contributed by atoms with van der Waals surface area (Å²) >= 11 is 0. The van der Waals surface area contributed by atoms with Gasteiger partial charge in [-0.2, -0.15) is 0 Å². The second-order valence-electron chi connectivity index (χ2n) is 6.83. The first-order chi connectivity index (χ1) is 10.8. The lowest BCUT2D eigenvalue weighted by Gasteiger charge is -2.32. The molecule has 0 spiro atoms. The van der Waals surface area contributed by atoms with E-state index in [9.17, 15) is 8.42 Å². The Morgan fingerprint density at radius 2 is 1.96 bits per heavy atom. The van der Waals surface area contributed by atoms with Crippen molar-refractivity contribution in [3.8, 4) is 0 Å². The third kappa shape index (κ3) is 5.11. The molecule has 0 radical (unpaired) electrons. The van der Waals surface area contributed by atoms with Crippen molar-refractivity contribution >= 4 is 21.4 Å². The number of benzene rings is 1. The van der Waals surface area contributed by atoms with Crippen molar-refractivity contribution in [1.29, 1.82) is 0 Å². The number of nitrogens with one attached hydrogen (secondary N) is 1. The summed E-state index contributed by atoms with van der Waals surface area (Å²) in [5.74, 6) is 0.898. The van der Waals surface area contributed by atoms with Crippen LogP contribution in [0.4, 0.5) is 11.4 Å². The van der Waals surface area contributed by atoms with Gasteiger partial charge in [0.1, 0.15) is 0 Å². The first-order valence-electron chi connectivity index (χ1n) is 8.29. The van der Waals surface area contributed by atoms with Crippen LogP contribution in [0.5, 0.6) is 0 Å². The van der Waals surface area contributed by atoms with E-state index in [2.05, 4.69) is 29.3 Å². The SMILES string of the molecule is CC1CCN(c2cccc(NC(C)CS(=O)(=O)N(C)C)c2)CC1. The van der Waals surface area contributed by atoms with Gasteiger partial charge in [-0.3, -0.25) is 0 Å². The van der Waals surface area contributed by atoms with Crippen molar-refractivity contribution in [2.45, 2.75) is 32.7 Å². The average molecular weight is 340 g/mol. The highest BCUT2D eigenvalue weighted by Crippen LogP contribution is 2.25. The average Bonchev–Trinajstić information content (AvgIpc) is 2.47. The Hall–Kier alpha value is -1.27. The molecule has 1 heterocycles. The van der Waals surface area contributed by atoms with Gasteiger partial charge in [-0.25, -0.2) is 12.7 Å². The molecule has 0 amide bonds. The smallest absolute Gasteiger partial charge is 0.215 e. The summed E-state index contributed by atoms with van der Waals surface area (Å²) in [5, 5.41) is 3.31. The maximum atomic E-state index is 12.0. The van der Waals surface area contributed by atoms with Gasteiger partial charge in [0.15, 0.2) is 0 Å². The van der Waals surface area contributed by atoms with Crippen LogP contribution in [-0.2, 0) is 10.0 Å². The molecule has 130 valence electrons. The Balaban J connectivity index is 2.00. The predicted octanol–water partition coefficient (Wildman–Crippen LogP) is 2.61. The molecule has 0 bridgehead atoms. The largest absolute Gasteiger partial charge is 0.381 e. The summed E-state index contributed by atoms with van der Waals surface area (Å²) in [6.07, 6.45) is 2.46. The standard InChI is InChI=1S/C17H29N3O2S/c1-14-8-10-20(11-9-14)17-7-5-6-16(12-17)18-15(2)13-23(21,22)19(3)4/h5-7,12,14-15,18H,8-11,13H2,1-4H3. The summed E-state index contributed by atoms with van der Waals surface area (Å²) in [7, 11) is -0.0549. The van der Waals surface area contributed by atoms with E-state index in [1.807, 2.05) is 19.1 Å². The molecule has 5 nitrogen and oxygen atoms in total. The molecule has 1 unspecified atom stereocenters. The molecule has 1 fully saturated rings. The second kappa shape index (κ2) is 7.53. The molecule has 0 aromatic heterocycles. The van der Waals surface area contributed by atoms with Gasteiger partial charge >= 0.3 is 0 Å². The number of sulfonamides is 1. The van der Waals surface area contributed by atoms with Crippen LogP contribution in [-0.4, -0.2) is 51.7 Å².